The number of rotatable bonds is 6. The first-order valence-corrected chi connectivity index (χ1v) is 9.02. The van der Waals surface area contributed by atoms with E-state index >= 15 is 0 Å². The monoisotopic (exact) mass is 372 g/mol. The summed E-state index contributed by atoms with van der Waals surface area (Å²) in [5, 5.41) is 2.82. The van der Waals surface area contributed by atoms with Crippen LogP contribution in [0.15, 0.2) is 73.2 Å². The standard InChI is InChI=1S/C22H20N4O2/c1-28-12-11-23-22(27)18-9-7-17(8-10-18)21-25-14-19-13-24-20(15-26(19)21)16-5-3-2-4-6-16/h2-10,13-15H,11-12H2,1H3,(H,23,27). The summed E-state index contributed by atoms with van der Waals surface area (Å²) < 4.78 is 6.96. The van der Waals surface area contributed by atoms with Crippen LogP contribution in [0.4, 0.5) is 0 Å². The van der Waals surface area contributed by atoms with Crippen LogP contribution in [0.1, 0.15) is 10.4 Å². The Bertz CT molecular complexity index is 1090. The molecule has 0 spiro atoms. The first-order valence-electron chi connectivity index (χ1n) is 9.02. The Balaban J connectivity index is 1.63. The highest BCUT2D eigenvalue weighted by Gasteiger charge is 2.10. The van der Waals surface area contributed by atoms with Crippen LogP contribution in [0, 0.1) is 0 Å². The van der Waals surface area contributed by atoms with E-state index < -0.39 is 0 Å². The maximum Gasteiger partial charge on any atom is 0.251 e. The number of aromatic nitrogens is 3. The van der Waals surface area contributed by atoms with E-state index in [1.165, 1.54) is 0 Å². The van der Waals surface area contributed by atoms with Gasteiger partial charge in [0.25, 0.3) is 5.91 Å². The Morgan fingerprint density at radius 1 is 1.00 bits per heavy atom. The molecule has 0 fully saturated rings. The van der Waals surface area contributed by atoms with E-state index in [0.717, 1.165) is 28.2 Å². The van der Waals surface area contributed by atoms with Gasteiger partial charge in [-0.05, 0) is 12.1 Å². The van der Waals surface area contributed by atoms with Crippen molar-refractivity contribution >= 4 is 11.4 Å². The van der Waals surface area contributed by atoms with Crippen molar-refractivity contribution in [3.8, 4) is 22.6 Å². The maximum absolute atomic E-state index is 12.1. The van der Waals surface area contributed by atoms with Crippen LogP contribution in [0.3, 0.4) is 0 Å². The predicted octanol–water partition coefficient (Wildman–Crippen LogP) is 3.44. The van der Waals surface area contributed by atoms with E-state index in [2.05, 4.69) is 15.3 Å². The SMILES string of the molecule is COCCNC(=O)c1ccc(-c2ncc3cnc(-c4ccccc4)cn23)cc1. The van der Waals surface area contributed by atoms with E-state index in [1.54, 1.807) is 25.4 Å². The summed E-state index contributed by atoms with van der Waals surface area (Å²) in [5.41, 5.74) is 4.37. The van der Waals surface area contributed by atoms with Gasteiger partial charge in [0, 0.05) is 36.5 Å². The third-order valence-corrected chi connectivity index (χ3v) is 4.48. The molecule has 0 aliphatic rings. The molecule has 2 aromatic carbocycles. The molecule has 28 heavy (non-hydrogen) atoms. The lowest BCUT2D eigenvalue weighted by Crippen LogP contribution is -2.26. The summed E-state index contributed by atoms with van der Waals surface area (Å²) in [4.78, 5) is 21.2. The average molecular weight is 372 g/mol. The number of carbonyl (C=O) groups is 1. The fraction of sp³-hybridized carbons (Fsp3) is 0.136. The fourth-order valence-electron chi connectivity index (χ4n) is 3.01. The van der Waals surface area contributed by atoms with Crippen molar-refractivity contribution in [3.05, 3.63) is 78.8 Å². The number of carbonyl (C=O) groups excluding carboxylic acids is 1. The largest absolute Gasteiger partial charge is 0.383 e. The highest BCUT2D eigenvalue weighted by atomic mass is 16.5. The number of nitrogens with one attached hydrogen (secondary N) is 1. The van der Waals surface area contributed by atoms with Gasteiger partial charge in [-0.1, -0.05) is 42.5 Å². The van der Waals surface area contributed by atoms with Crippen molar-refractivity contribution in [3.63, 3.8) is 0 Å². The third kappa shape index (κ3) is 3.63. The lowest BCUT2D eigenvalue weighted by molar-refractivity contribution is 0.0937. The molecule has 6 heteroatoms. The molecule has 140 valence electrons. The van der Waals surface area contributed by atoms with E-state index in [0.29, 0.717) is 18.7 Å². The van der Waals surface area contributed by atoms with Crippen LogP contribution in [0.2, 0.25) is 0 Å². The van der Waals surface area contributed by atoms with Crippen LogP contribution in [0.25, 0.3) is 28.2 Å². The number of imidazole rings is 1. The molecular formula is C22H20N4O2. The third-order valence-electron chi connectivity index (χ3n) is 4.48. The van der Waals surface area contributed by atoms with Gasteiger partial charge in [-0.2, -0.15) is 0 Å². The van der Waals surface area contributed by atoms with E-state index in [4.69, 9.17) is 4.74 Å². The number of methoxy groups -OCH3 is 1. The van der Waals surface area contributed by atoms with Gasteiger partial charge in [0.15, 0.2) is 0 Å². The van der Waals surface area contributed by atoms with Gasteiger partial charge < -0.3 is 10.1 Å². The summed E-state index contributed by atoms with van der Waals surface area (Å²) in [6.45, 7) is 0.971. The Morgan fingerprint density at radius 2 is 1.75 bits per heavy atom. The van der Waals surface area contributed by atoms with Gasteiger partial charge in [-0.15, -0.1) is 0 Å². The Morgan fingerprint density at radius 3 is 2.50 bits per heavy atom. The number of ether oxygens (including phenoxy) is 1. The summed E-state index contributed by atoms with van der Waals surface area (Å²) in [6.07, 6.45) is 5.59. The second-order valence-corrected chi connectivity index (χ2v) is 6.34. The van der Waals surface area contributed by atoms with E-state index in [-0.39, 0.29) is 5.91 Å². The zero-order valence-electron chi connectivity index (χ0n) is 15.5. The molecule has 0 aliphatic carbocycles. The number of benzene rings is 2. The van der Waals surface area contributed by atoms with Gasteiger partial charge in [0.05, 0.1) is 30.2 Å². The van der Waals surface area contributed by atoms with Crippen molar-refractivity contribution in [2.24, 2.45) is 0 Å². The molecule has 0 atom stereocenters. The van der Waals surface area contributed by atoms with E-state index in [9.17, 15) is 4.79 Å². The summed E-state index contributed by atoms with van der Waals surface area (Å²) in [5.74, 6) is 0.688. The molecule has 0 unspecified atom stereocenters. The van der Waals surface area contributed by atoms with Crippen molar-refractivity contribution in [2.75, 3.05) is 20.3 Å². The normalized spacial score (nSPS) is 10.9. The minimum atomic E-state index is -0.118. The summed E-state index contributed by atoms with van der Waals surface area (Å²) in [6, 6.07) is 17.4. The number of fused-ring (bicyclic) bond motifs is 1. The van der Waals surface area contributed by atoms with Crippen LogP contribution in [-0.2, 0) is 4.74 Å². The Labute approximate surface area is 162 Å². The quantitative estimate of drug-likeness (QED) is 0.527. The van der Waals surface area contributed by atoms with Crippen molar-refractivity contribution in [1.29, 1.82) is 0 Å². The smallest absolute Gasteiger partial charge is 0.251 e. The first-order chi connectivity index (χ1) is 13.8. The number of amides is 1. The highest BCUT2D eigenvalue weighted by molar-refractivity contribution is 5.94. The molecular weight excluding hydrogens is 352 g/mol. The zero-order valence-corrected chi connectivity index (χ0v) is 15.5. The molecule has 4 rings (SSSR count). The number of hydrogen-bond donors (Lipinski definition) is 1. The van der Waals surface area contributed by atoms with Gasteiger partial charge in [-0.25, -0.2) is 4.98 Å². The molecule has 0 saturated carbocycles. The Hall–Kier alpha value is -3.51. The topological polar surface area (TPSA) is 68.5 Å². The lowest BCUT2D eigenvalue weighted by Gasteiger charge is -2.07. The Kier molecular flexibility index (Phi) is 5.12. The van der Waals surface area contributed by atoms with E-state index in [1.807, 2.05) is 59.3 Å². The van der Waals surface area contributed by atoms with Crippen LogP contribution in [-0.4, -0.2) is 40.5 Å². The van der Waals surface area contributed by atoms with Gasteiger partial charge >= 0.3 is 0 Å². The molecule has 2 heterocycles. The first kappa shape index (κ1) is 17.9. The van der Waals surface area contributed by atoms with Gasteiger partial charge in [0.2, 0.25) is 0 Å². The molecule has 0 bridgehead atoms. The minimum absolute atomic E-state index is 0.118. The molecule has 0 radical (unpaired) electrons. The highest BCUT2D eigenvalue weighted by Crippen LogP contribution is 2.23. The molecule has 1 amide bonds. The molecule has 6 nitrogen and oxygen atoms in total. The molecule has 0 saturated heterocycles. The second-order valence-electron chi connectivity index (χ2n) is 6.34. The molecule has 4 aromatic rings. The van der Waals surface area contributed by atoms with Crippen molar-refractivity contribution in [1.82, 2.24) is 19.7 Å². The minimum Gasteiger partial charge on any atom is -0.383 e. The lowest BCUT2D eigenvalue weighted by atomic mass is 10.1. The predicted molar refractivity (Wildman–Crippen MR) is 108 cm³/mol. The van der Waals surface area contributed by atoms with Crippen LogP contribution >= 0.6 is 0 Å². The number of nitrogens with zero attached hydrogens (tertiary/aromatic N) is 3. The summed E-state index contributed by atoms with van der Waals surface area (Å²) >= 11 is 0. The molecule has 1 N–H and O–H groups in total. The van der Waals surface area contributed by atoms with Crippen molar-refractivity contribution in [2.45, 2.75) is 0 Å². The number of hydrogen-bond acceptors (Lipinski definition) is 4. The average Bonchev–Trinajstić information content (AvgIpc) is 3.18. The van der Waals surface area contributed by atoms with Gasteiger partial charge in [-0.3, -0.25) is 14.2 Å². The van der Waals surface area contributed by atoms with Crippen molar-refractivity contribution < 1.29 is 9.53 Å². The second kappa shape index (κ2) is 8.02. The molecule has 0 aliphatic heterocycles. The fourth-order valence-corrected chi connectivity index (χ4v) is 3.01. The van der Waals surface area contributed by atoms with Gasteiger partial charge in [0.1, 0.15) is 5.82 Å². The zero-order chi connectivity index (χ0) is 19.3. The summed E-state index contributed by atoms with van der Waals surface area (Å²) in [7, 11) is 1.61. The van der Waals surface area contributed by atoms with Crippen LogP contribution in [0.5, 0.6) is 0 Å². The maximum atomic E-state index is 12.1. The van der Waals surface area contributed by atoms with Crippen LogP contribution < -0.4 is 5.32 Å². The molecule has 2 aromatic heterocycles.